The Bertz CT molecular complexity index is 1190. The molecule has 2 aliphatic heterocycles. The smallest absolute Gasteiger partial charge is 0.223 e. The molecular weight excluding hydrogens is 435 g/mol. The number of aliphatic hydroxyl groups excluding tert-OH is 1. The zero-order valence-corrected chi connectivity index (χ0v) is 19.0. The molecule has 10 heteroatoms. The van der Waals surface area contributed by atoms with Crippen LogP contribution in [-0.4, -0.2) is 56.3 Å². The third-order valence-corrected chi connectivity index (χ3v) is 7.50. The topological polar surface area (TPSA) is 110 Å². The van der Waals surface area contributed by atoms with E-state index < -0.39 is 23.8 Å². The molecule has 0 spiro atoms. The van der Waals surface area contributed by atoms with Crippen molar-refractivity contribution >= 4 is 27.5 Å². The summed E-state index contributed by atoms with van der Waals surface area (Å²) in [5.41, 5.74) is 2.36. The molecular formula is C22H25FN4O4S. The van der Waals surface area contributed by atoms with Gasteiger partial charge < -0.3 is 25.0 Å². The standard InChI is InChI=1S/C22H25FN4O4S/c1-9-12(22(3,4)29)6-24-15-10(2)19(32-18(9)15)16-13(23)7-25-21(27-16)26-14-5-11-8-30-20(31-11)17(14)28/h6-7,11,14,17,20,28-29H,5,8H2,1-4H3,(H,25,26,27)/t11-,14+,17-,20+/m0/s1. The molecule has 0 aliphatic carbocycles. The number of ether oxygens (including phenoxy) is 2. The van der Waals surface area contributed by atoms with Gasteiger partial charge in [-0.1, -0.05) is 0 Å². The highest BCUT2D eigenvalue weighted by molar-refractivity contribution is 7.22. The van der Waals surface area contributed by atoms with Crippen LogP contribution in [0.5, 0.6) is 0 Å². The normalized spacial score (nSPS) is 25.5. The Morgan fingerprint density at radius 2 is 2.00 bits per heavy atom. The lowest BCUT2D eigenvalue weighted by Gasteiger charge is -2.32. The molecule has 5 heterocycles. The molecule has 0 unspecified atom stereocenters. The first-order chi connectivity index (χ1) is 15.1. The van der Waals surface area contributed by atoms with Gasteiger partial charge in [0.05, 0.1) is 45.6 Å². The van der Waals surface area contributed by atoms with E-state index in [1.54, 1.807) is 20.0 Å². The maximum atomic E-state index is 14.8. The molecule has 2 aliphatic rings. The van der Waals surface area contributed by atoms with Gasteiger partial charge in [-0.25, -0.2) is 14.4 Å². The summed E-state index contributed by atoms with van der Waals surface area (Å²) in [5, 5.41) is 24.0. The minimum absolute atomic E-state index is 0.0929. The maximum Gasteiger partial charge on any atom is 0.223 e. The van der Waals surface area contributed by atoms with Gasteiger partial charge in [0.2, 0.25) is 5.95 Å². The van der Waals surface area contributed by atoms with E-state index in [1.807, 2.05) is 13.8 Å². The van der Waals surface area contributed by atoms with E-state index in [2.05, 4.69) is 20.3 Å². The summed E-state index contributed by atoms with van der Waals surface area (Å²) < 4.78 is 26.7. The van der Waals surface area contributed by atoms with Crippen LogP contribution in [0.2, 0.25) is 0 Å². The molecule has 0 saturated carbocycles. The second kappa shape index (κ2) is 7.67. The Hall–Kier alpha value is -2.24. The van der Waals surface area contributed by atoms with Crippen molar-refractivity contribution in [1.82, 2.24) is 15.0 Å². The van der Waals surface area contributed by atoms with E-state index >= 15 is 0 Å². The first-order valence-corrected chi connectivity index (χ1v) is 11.3. The first-order valence-electron chi connectivity index (χ1n) is 10.5. The number of nitrogens with zero attached hydrogens (tertiary/aromatic N) is 3. The largest absolute Gasteiger partial charge is 0.386 e. The van der Waals surface area contributed by atoms with Crippen molar-refractivity contribution in [3.63, 3.8) is 0 Å². The van der Waals surface area contributed by atoms with Crippen molar-refractivity contribution in [3.05, 3.63) is 34.9 Å². The Kier molecular flexibility index (Phi) is 5.18. The summed E-state index contributed by atoms with van der Waals surface area (Å²) in [4.78, 5) is 13.7. The molecule has 32 heavy (non-hydrogen) atoms. The van der Waals surface area contributed by atoms with E-state index in [9.17, 15) is 14.6 Å². The average molecular weight is 461 g/mol. The van der Waals surface area contributed by atoms with E-state index in [0.717, 1.165) is 33.1 Å². The number of halogens is 1. The minimum Gasteiger partial charge on any atom is -0.386 e. The fourth-order valence-electron chi connectivity index (χ4n) is 4.40. The Balaban J connectivity index is 1.52. The number of hydrogen-bond donors (Lipinski definition) is 3. The minimum atomic E-state index is -1.03. The first kappa shape index (κ1) is 21.6. The zero-order chi connectivity index (χ0) is 22.8. The second-order valence-corrected chi connectivity index (χ2v) is 9.94. The lowest BCUT2D eigenvalue weighted by atomic mass is 9.95. The van der Waals surface area contributed by atoms with Gasteiger partial charge in [-0.15, -0.1) is 11.3 Å². The monoisotopic (exact) mass is 460 g/mol. The average Bonchev–Trinajstić information content (AvgIpc) is 3.29. The molecule has 2 bridgehead atoms. The van der Waals surface area contributed by atoms with Crippen molar-refractivity contribution < 1.29 is 24.1 Å². The summed E-state index contributed by atoms with van der Waals surface area (Å²) in [6.07, 6.45) is 1.71. The third-order valence-electron chi connectivity index (χ3n) is 6.10. The number of thiophene rings is 1. The predicted octanol–water partition coefficient (Wildman–Crippen LogP) is 3.02. The molecule has 0 amide bonds. The van der Waals surface area contributed by atoms with Crippen LogP contribution in [0.15, 0.2) is 12.4 Å². The van der Waals surface area contributed by atoms with Gasteiger partial charge >= 0.3 is 0 Å². The molecule has 3 aromatic rings. The van der Waals surface area contributed by atoms with E-state index in [1.165, 1.54) is 11.3 Å². The highest BCUT2D eigenvalue weighted by Gasteiger charge is 2.43. The second-order valence-electron chi connectivity index (χ2n) is 8.92. The van der Waals surface area contributed by atoms with Crippen molar-refractivity contribution in [2.75, 3.05) is 11.9 Å². The Morgan fingerprint density at radius 3 is 2.75 bits per heavy atom. The number of aromatic nitrogens is 3. The molecule has 170 valence electrons. The van der Waals surface area contributed by atoms with Crippen LogP contribution < -0.4 is 5.32 Å². The molecule has 5 rings (SSSR count). The summed E-state index contributed by atoms with van der Waals surface area (Å²) in [7, 11) is 0. The van der Waals surface area contributed by atoms with Crippen LogP contribution in [-0.2, 0) is 15.1 Å². The Morgan fingerprint density at radius 1 is 1.22 bits per heavy atom. The third kappa shape index (κ3) is 3.56. The summed E-state index contributed by atoms with van der Waals surface area (Å²) >= 11 is 1.39. The van der Waals surface area contributed by atoms with Gasteiger partial charge in [0.15, 0.2) is 12.1 Å². The number of pyridine rings is 1. The van der Waals surface area contributed by atoms with Gasteiger partial charge in [-0.05, 0) is 45.2 Å². The van der Waals surface area contributed by atoms with Crippen molar-refractivity contribution in [2.45, 2.75) is 64.3 Å². The number of rotatable bonds is 4. The number of aryl methyl sites for hydroxylation is 2. The summed E-state index contributed by atoms with van der Waals surface area (Å²) in [6, 6.07) is -0.360. The maximum absolute atomic E-state index is 14.8. The van der Waals surface area contributed by atoms with Gasteiger partial charge in [-0.2, -0.15) is 0 Å². The highest BCUT2D eigenvalue weighted by Crippen LogP contribution is 2.41. The van der Waals surface area contributed by atoms with Crippen LogP contribution in [0.3, 0.4) is 0 Å². The number of nitrogens with one attached hydrogen (secondary N) is 1. The van der Waals surface area contributed by atoms with Gasteiger partial charge in [0.1, 0.15) is 11.8 Å². The van der Waals surface area contributed by atoms with Crippen molar-refractivity contribution in [1.29, 1.82) is 0 Å². The number of aliphatic hydroxyl groups is 2. The highest BCUT2D eigenvalue weighted by atomic mass is 32.1. The van der Waals surface area contributed by atoms with E-state index in [4.69, 9.17) is 9.47 Å². The predicted molar refractivity (Wildman–Crippen MR) is 118 cm³/mol. The Labute approximate surface area is 188 Å². The van der Waals surface area contributed by atoms with E-state index in [0.29, 0.717) is 17.9 Å². The quantitative estimate of drug-likeness (QED) is 0.545. The molecule has 0 radical (unpaired) electrons. The zero-order valence-electron chi connectivity index (χ0n) is 18.2. The lowest BCUT2D eigenvalue weighted by molar-refractivity contribution is -0.156. The van der Waals surface area contributed by atoms with Crippen LogP contribution >= 0.6 is 11.3 Å². The van der Waals surface area contributed by atoms with Crippen LogP contribution in [0, 0.1) is 19.7 Å². The summed E-state index contributed by atoms with van der Waals surface area (Å²) in [5.74, 6) is -0.313. The van der Waals surface area contributed by atoms with Crippen LogP contribution in [0.1, 0.15) is 37.0 Å². The lowest BCUT2D eigenvalue weighted by Crippen LogP contribution is -2.48. The molecule has 3 N–H and O–H groups in total. The van der Waals surface area contributed by atoms with Crippen LogP contribution in [0.25, 0.3) is 20.8 Å². The number of fused-ring (bicyclic) bond motifs is 3. The molecule has 4 atom stereocenters. The molecule has 2 saturated heterocycles. The van der Waals surface area contributed by atoms with Crippen molar-refractivity contribution in [2.24, 2.45) is 0 Å². The molecule has 2 fully saturated rings. The van der Waals surface area contributed by atoms with Crippen LogP contribution in [0.4, 0.5) is 10.3 Å². The molecule has 3 aromatic heterocycles. The van der Waals surface area contributed by atoms with Gasteiger partial charge in [0, 0.05) is 11.8 Å². The van der Waals surface area contributed by atoms with Gasteiger partial charge in [-0.3, -0.25) is 4.98 Å². The number of hydrogen-bond acceptors (Lipinski definition) is 9. The van der Waals surface area contributed by atoms with E-state index in [-0.39, 0.29) is 23.8 Å². The fraction of sp³-hybridized carbons (Fsp3) is 0.500. The molecule has 8 nitrogen and oxygen atoms in total. The number of anilines is 1. The SMILES string of the molecule is Cc1c(-c2nc(N[C@@H]3C[C@H]4CO[C@H](O4)[C@H]3O)ncc2F)sc2c(C)c(C(C)(C)O)cnc12. The summed E-state index contributed by atoms with van der Waals surface area (Å²) in [6.45, 7) is 7.69. The van der Waals surface area contributed by atoms with Crippen molar-refractivity contribution in [3.8, 4) is 10.6 Å². The molecule has 0 aromatic carbocycles. The fourth-order valence-corrected chi connectivity index (χ4v) is 5.66. The van der Waals surface area contributed by atoms with Gasteiger partial charge in [0.25, 0.3) is 0 Å².